The zero-order valence-electron chi connectivity index (χ0n) is 64.3. The first kappa shape index (κ1) is 97.7. The van der Waals surface area contributed by atoms with E-state index in [4.69, 9.17) is 37.0 Å². The molecule has 19 heteroatoms. The predicted octanol–water partition coefficient (Wildman–Crippen LogP) is 23.3. The van der Waals surface area contributed by atoms with E-state index in [0.29, 0.717) is 32.1 Å². The van der Waals surface area contributed by atoms with Gasteiger partial charge in [0.25, 0.3) is 0 Å². The van der Waals surface area contributed by atoms with Crippen LogP contribution in [-0.4, -0.2) is 96.7 Å². The molecule has 0 aromatic carbocycles. The van der Waals surface area contributed by atoms with Crippen LogP contribution in [-0.2, 0) is 65.4 Å². The van der Waals surface area contributed by atoms with E-state index in [0.717, 1.165) is 141 Å². The van der Waals surface area contributed by atoms with Gasteiger partial charge in [-0.15, -0.1) is 0 Å². The molecule has 588 valence electrons. The molecule has 17 nitrogen and oxygen atoms in total. The number of aliphatic hydroxyl groups excluding tert-OH is 1. The Morgan fingerprint density at radius 3 is 0.882 bits per heavy atom. The number of esters is 4. The minimum Gasteiger partial charge on any atom is -0.462 e. The van der Waals surface area contributed by atoms with Gasteiger partial charge in [0.15, 0.2) is 12.2 Å². The molecular weight excluding hydrogens is 1330 g/mol. The van der Waals surface area contributed by atoms with Crippen LogP contribution >= 0.6 is 15.6 Å². The Labute approximate surface area is 619 Å². The van der Waals surface area contributed by atoms with E-state index < -0.39 is 97.5 Å². The number of rotatable bonds is 75. The Balaban J connectivity index is 5.41. The third-order valence-corrected chi connectivity index (χ3v) is 18.6. The first-order valence-electron chi connectivity index (χ1n) is 40.1. The van der Waals surface area contributed by atoms with Gasteiger partial charge in [0, 0.05) is 25.7 Å². The summed E-state index contributed by atoms with van der Waals surface area (Å²) in [6.45, 7) is 4.65. The molecule has 0 bridgehead atoms. The highest BCUT2D eigenvalue weighted by molar-refractivity contribution is 7.47. The Morgan fingerprint density at radius 2 is 0.529 bits per heavy atom. The summed E-state index contributed by atoms with van der Waals surface area (Å²) in [6, 6.07) is 0. The summed E-state index contributed by atoms with van der Waals surface area (Å²) < 4.78 is 68.5. The van der Waals surface area contributed by atoms with Gasteiger partial charge in [-0.1, -0.05) is 298 Å². The molecule has 0 radical (unpaired) electrons. The van der Waals surface area contributed by atoms with Crippen molar-refractivity contribution in [1.29, 1.82) is 0 Å². The molecule has 0 amide bonds. The number of carbonyl (C=O) groups excluding carboxylic acids is 4. The fourth-order valence-corrected chi connectivity index (χ4v) is 12.2. The third kappa shape index (κ3) is 74.0. The normalized spacial score (nSPS) is 14.5. The third-order valence-electron chi connectivity index (χ3n) is 16.7. The van der Waals surface area contributed by atoms with Crippen molar-refractivity contribution >= 4 is 39.5 Å². The molecule has 0 aliphatic rings. The van der Waals surface area contributed by atoms with Crippen LogP contribution in [0, 0.1) is 0 Å². The minimum atomic E-state index is -4.99. The Bertz CT molecular complexity index is 2360. The average molecular weight is 1480 g/mol. The van der Waals surface area contributed by atoms with E-state index >= 15 is 0 Å². The number of allylic oxidation sites excluding steroid dienone is 18. The van der Waals surface area contributed by atoms with Crippen LogP contribution in [0.3, 0.4) is 0 Å². The number of hydrogen-bond donors (Lipinski definition) is 3. The molecule has 0 spiro atoms. The van der Waals surface area contributed by atoms with Crippen molar-refractivity contribution in [2.45, 2.75) is 354 Å². The highest BCUT2D eigenvalue weighted by atomic mass is 31.2. The van der Waals surface area contributed by atoms with E-state index in [9.17, 15) is 43.2 Å². The molecule has 0 saturated carbocycles. The standard InChI is InChI=1S/C83H144O17P2/c1-5-9-13-17-21-25-29-33-36-37-38-39-42-45-48-52-56-60-64-68-81(86)94-73-78(99-82(87)69-65-61-57-53-49-43-32-28-24-20-16-12-8-4)75-97-101(89,90)95-71-77(84)72-96-102(91,92)98-76-79(100-83(88)70-66-62-58-54-50-46-41-35-31-27-23-19-15-11-7-3)74-93-80(85)67-63-59-55-51-47-44-40-34-30-26-22-18-14-10-6-2/h9,13,21-22,25-26,28,32-34,36,38-40,45,48,56,60,77-79,84H,5-8,10-12,14-20,23-24,27,29-31,35,37,41-44,46-47,49-55,57-59,61-76H2,1-4H3,(H,89,90)(H,91,92)/b13-9-,25-21-,26-22-,32-28-,36-33-,39-38-,40-34-,48-45-,60-56-. The van der Waals surface area contributed by atoms with Crippen molar-refractivity contribution in [1.82, 2.24) is 0 Å². The molecule has 0 heterocycles. The Morgan fingerprint density at radius 1 is 0.284 bits per heavy atom. The van der Waals surface area contributed by atoms with E-state index in [1.165, 1.54) is 109 Å². The van der Waals surface area contributed by atoms with Gasteiger partial charge in [-0.05, 0) is 122 Å². The molecule has 0 saturated heterocycles. The zero-order valence-corrected chi connectivity index (χ0v) is 66.0. The summed E-state index contributed by atoms with van der Waals surface area (Å²) in [6.07, 6.45) is 80.8. The van der Waals surface area contributed by atoms with Crippen molar-refractivity contribution in [3.63, 3.8) is 0 Å². The molecule has 0 fully saturated rings. The number of phosphoric ester groups is 2. The number of phosphoric acid groups is 2. The lowest BCUT2D eigenvalue weighted by Gasteiger charge is -2.21. The highest BCUT2D eigenvalue weighted by Gasteiger charge is 2.30. The largest absolute Gasteiger partial charge is 0.472 e. The van der Waals surface area contributed by atoms with Gasteiger partial charge in [0.2, 0.25) is 0 Å². The fraction of sp³-hybridized carbons (Fsp3) is 0.735. The van der Waals surface area contributed by atoms with Crippen molar-refractivity contribution in [2.24, 2.45) is 0 Å². The van der Waals surface area contributed by atoms with E-state index in [1.807, 2.05) is 18.2 Å². The van der Waals surface area contributed by atoms with Gasteiger partial charge in [-0.25, -0.2) is 9.13 Å². The molecule has 0 aromatic heterocycles. The van der Waals surface area contributed by atoms with Crippen LogP contribution in [0.5, 0.6) is 0 Å². The maximum atomic E-state index is 13.1. The quantitative estimate of drug-likeness (QED) is 0.0169. The van der Waals surface area contributed by atoms with Gasteiger partial charge in [0.05, 0.1) is 26.4 Å². The van der Waals surface area contributed by atoms with E-state index in [1.54, 1.807) is 0 Å². The summed E-state index contributed by atoms with van der Waals surface area (Å²) in [7, 11) is -9.98. The van der Waals surface area contributed by atoms with Crippen LogP contribution in [0.4, 0.5) is 0 Å². The molecule has 5 unspecified atom stereocenters. The number of carbonyl (C=O) groups is 4. The van der Waals surface area contributed by atoms with Gasteiger partial charge in [-0.3, -0.25) is 37.3 Å². The maximum Gasteiger partial charge on any atom is 0.472 e. The van der Waals surface area contributed by atoms with Crippen LogP contribution in [0.2, 0.25) is 0 Å². The molecule has 102 heavy (non-hydrogen) atoms. The van der Waals surface area contributed by atoms with Gasteiger partial charge in [-0.2, -0.15) is 0 Å². The van der Waals surface area contributed by atoms with Crippen LogP contribution < -0.4 is 0 Å². The lowest BCUT2D eigenvalue weighted by atomic mass is 10.0. The predicted molar refractivity (Wildman–Crippen MR) is 418 cm³/mol. The second-order valence-electron chi connectivity index (χ2n) is 26.6. The molecule has 3 N–H and O–H groups in total. The summed E-state index contributed by atoms with van der Waals surface area (Å²) in [5, 5.41) is 10.6. The van der Waals surface area contributed by atoms with Gasteiger partial charge in [0.1, 0.15) is 19.3 Å². The topological polar surface area (TPSA) is 237 Å². The van der Waals surface area contributed by atoms with Crippen molar-refractivity contribution in [3.8, 4) is 0 Å². The second-order valence-corrected chi connectivity index (χ2v) is 29.5. The van der Waals surface area contributed by atoms with Crippen LogP contribution in [0.25, 0.3) is 0 Å². The molecular formula is C83H144O17P2. The summed E-state index contributed by atoms with van der Waals surface area (Å²) >= 11 is 0. The number of ether oxygens (including phenoxy) is 4. The van der Waals surface area contributed by atoms with Crippen molar-refractivity contribution in [2.75, 3.05) is 39.6 Å². The summed E-state index contributed by atoms with van der Waals surface area (Å²) in [5.74, 6) is -2.28. The van der Waals surface area contributed by atoms with E-state index in [-0.39, 0.29) is 25.7 Å². The second kappa shape index (κ2) is 75.0. The smallest absolute Gasteiger partial charge is 0.462 e. The average Bonchev–Trinajstić information content (AvgIpc) is 0.908. The summed E-state index contributed by atoms with van der Waals surface area (Å²) in [4.78, 5) is 73.0. The molecule has 0 aliphatic heterocycles. The molecule has 0 rings (SSSR count). The molecule has 0 aliphatic carbocycles. The SMILES string of the molecule is CC/C=C\C/C=C\C/C=C\C/C=C\C/C=C\C/C=C\CCC(=O)OCC(COP(=O)(O)OCC(O)COP(=O)(O)OCC(COC(=O)CCCCCCC/C=C\C/C=C\CCCCC)OC(=O)CCCCCCCCCCCCCCCCC)OC(=O)CCCCCCC/C=C\CCCCCC. The lowest BCUT2D eigenvalue weighted by molar-refractivity contribution is -0.161. The Kier molecular flexibility index (Phi) is 71.8. The zero-order chi connectivity index (χ0) is 74.6. The first-order chi connectivity index (χ1) is 49.7. The molecule has 0 aromatic rings. The monoisotopic (exact) mass is 1470 g/mol. The highest BCUT2D eigenvalue weighted by Crippen LogP contribution is 2.45. The number of hydrogen-bond acceptors (Lipinski definition) is 15. The fourth-order valence-electron chi connectivity index (χ4n) is 10.6. The maximum absolute atomic E-state index is 13.1. The summed E-state index contributed by atoms with van der Waals surface area (Å²) in [5.41, 5.74) is 0. The Hall–Kier alpha value is -4.28. The van der Waals surface area contributed by atoms with Crippen LogP contribution in [0.1, 0.15) is 336 Å². The van der Waals surface area contributed by atoms with Gasteiger partial charge < -0.3 is 33.8 Å². The number of unbranched alkanes of at least 4 members (excludes halogenated alkanes) is 31. The minimum absolute atomic E-state index is 0.0340. The molecule has 5 atom stereocenters. The van der Waals surface area contributed by atoms with E-state index in [2.05, 4.69) is 119 Å². The van der Waals surface area contributed by atoms with Crippen molar-refractivity contribution in [3.05, 3.63) is 109 Å². The van der Waals surface area contributed by atoms with Crippen LogP contribution in [0.15, 0.2) is 109 Å². The first-order valence-corrected chi connectivity index (χ1v) is 43.1. The van der Waals surface area contributed by atoms with Gasteiger partial charge >= 0.3 is 39.5 Å². The number of aliphatic hydroxyl groups is 1. The lowest BCUT2D eigenvalue weighted by Crippen LogP contribution is -2.30. The van der Waals surface area contributed by atoms with Crippen molar-refractivity contribution < 1.29 is 80.2 Å².